The van der Waals surface area contributed by atoms with Gasteiger partial charge in [-0.1, -0.05) is 30.3 Å². The van der Waals surface area contributed by atoms with Crippen LogP contribution in [-0.4, -0.2) is 89.2 Å². The van der Waals surface area contributed by atoms with Gasteiger partial charge in [-0.2, -0.15) is 0 Å². The standard InChI is InChI=1S/C22H32N6O7/c23-21(24)25-8-4-7-15(11-29)26-19(32)18-9-16(31)10-28(18)20(33)17(12-30)27-22(34)35-13-14-5-2-1-3-6-14/h1-3,5-6,11,15-18,30-31H,4,7-10,12-13H2,(H,26,32)(H,27,34)(H4,23,24,25)/t15-,16?,17+,18?/m0/s1. The highest BCUT2D eigenvalue weighted by molar-refractivity contribution is 5.92. The highest BCUT2D eigenvalue weighted by atomic mass is 16.5. The molecule has 1 saturated heterocycles. The molecule has 8 N–H and O–H groups in total. The quantitative estimate of drug-likeness (QED) is 0.0821. The van der Waals surface area contributed by atoms with Crippen LogP contribution in [0.5, 0.6) is 0 Å². The second-order valence-corrected chi connectivity index (χ2v) is 8.04. The monoisotopic (exact) mass is 492 g/mol. The minimum absolute atomic E-state index is 0.0389. The third-order valence-electron chi connectivity index (χ3n) is 5.31. The van der Waals surface area contributed by atoms with Gasteiger partial charge in [0.15, 0.2) is 5.96 Å². The number of nitrogens with one attached hydrogen (secondary N) is 2. The molecule has 2 unspecified atom stereocenters. The number of hydrogen-bond acceptors (Lipinski definition) is 8. The Balaban J connectivity index is 1.95. The Morgan fingerprint density at radius 2 is 1.94 bits per heavy atom. The van der Waals surface area contributed by atoms with Crippen molar-refractivity contribution >= 4 is 30.2 Å². The minimum Gasteiger partial charge on any atom is -0.445 e. The van der Waals surface area contributed by atoms with Gasteiger partial charge in [-0.3, -0.25) is 14.6 Å². The summed E-state index contributed by atoms with van der Waals surface area (Å²) < 4.78 is 5.07. The number of nitrogens with two attached hydrogens (primary N) is 2. The normalized spacial score (nSPS) is 18.7. The molecule has 4 atom stereocenters. The summed E-state index contributed by atoms with van der Waals surface area (Å²) in [6, 6.07) is 5.55. The molecular formula is C22H32N6O7. The number of β-amino-alcohol motifs (C(OH)–C–C–N with tert-alkyl or cyclic N) is 1. The molecule has 1 aliphatic heterocycles. The molecule has 1 heterocycles. The lowest BCUT2D eigenvalue weighted by molar-refractivity contribution is -0.141. The molecule has 2 rings (SSSR count). The molecule has 1 aromatic rings. The first-order chi connectivity index (χ1) is 16.7. The number of alkyl carbamates (subject to hydrolysis) is 1. The summed E-state index contributed by atoms with van der Waals surface area (Å²) >= 11 is 0. The topological polar surface area (TPSA) is 210 Å². The van der Waals surface area contributed by atoms with Crippen LogP contribution in [-0.2, 0) is 25.7 Å². The molecule has 13 heteroatoms. The number of ether oxygens (including phenoxy) is 1. The van der Waals surface area contributed by atoms with E-state index < -0.39 is 48.7 Å². The molecule has 1 aromatic carbocycles. The van der Waals surface area contributed by atoms with E-state index in [0.717, 1.165) is 10.5 Å². The Morgan fingerprint density at radius 1 is 1.23 bits per heavy atom. The summed E-state index contributed by atoms with van der Waals surface area (Å²) in [7, 11) is 0. The van der Waals surface area contributed by atoms with Crippen molar-refractivity contribution in [3.63, 3.8) is 0 Å². The van der Waals surface area contributed by atoms with E-state index in [-0.39, 0.29) is 38.5 Å². The Labute approximate surface area is 202 Å². The third-order valence-corrected chi connectivity index (χ3v) is 5.31. The third kappa shape index (κ3) is 8.87. The van der Waals surface area contributed by atoms with Gasteiger partial charge >= 0.3 is 6.09 Å². The number of nitrogens with zero attached hydrogens (tertiary/aromatic N) is 2. The van der Waals surface area contributed by atoms with Crippen LogP contribution in [0.1, 0.15) is 24.8 Å². The molecule has 0 aromatic heterocycles. The number of aliphatic hydroxyl groups is 2. The van der Waals surface area contributed by atoms with Crippen molar-refractivity contribution in [2.75, 3.05) is 19.7 Å². The smallest absolute Gasteiger partial charge is 0.408 e. The lowest BCUT2D eigenvalue weighted by Gasteiger charge is -2.28. The van der Waals surface area contributed by atoms with E-state index in [0.29, 0.717) is 12.7 Å². The van der Waals surface area contributed by atoms with Crippen molar-refractivity contribution in [1.82, 2.24) is 15.5 Å². The van der Waals surface area contributed by atoms with E-state index in [1.807, 2.05) is 6.07 Å². The first kappa shape index (κ1) is 27.5. The maximum absolute atomic E-state index is 13.0. The second-order valence-electron chi connectivity index (χ2n) is 8.04. The Hall–Kier alpha value is -3.71. The van der Waals surface area contributed by atoms with Crippen LogP contribution in [0, 0.1) is 0 Å². The fourth-order valence-corrected chi connectivity index (χ4v) is 3.57. The van der Waals surface area contributed by atoms with E-state index in [4.69, 9.17) is 16.2 Å². The number of aliphatic hydroxyl groups excluding tert-OH is 2. The van der Waals surface area contributed by atoms with E-state index in [9.17, 15) is 29.4 Å². The Morgan fingerprint density at radius 3 is 2.57 bits per heavy atom. The molecule has 35 heavy (non-hydrogen) atoms. The molecule has 0 radical (unpaired) electrons. The van der Waals surface area contributed by atoms with Crippen LogP contribution in [0.3, 0.4) is 0 Å². The zero-order chi connectivity index (χ0) is 25.8. The van der Waals surface area contributed by atoms with Gasteiger partial charge in [0.05, 0.1) is 18.8 Å². The van der Waals surface area contributed by atoms with Crippen LogP contribution >= 0.6 is 0 Å². The number of benzene rings is 1. The minimum atomic E-state index is -1.39. The number of amides is 3. The van der Waals surface area contributed by atoms with Crippen molar-refractivity contribution in [3.8, 4) is 0 Å². The average Bonchev–Trinajstić information content (AvgIpc) is 3.24. The highest BCUT2D eigenvalue weighted by Gasteiger charge is 2.41. The van der Waals surface area contributed by atoms with Gasteiger partial charge in [-0.05, 0) is 18.4 Å². The number of rotatable bonds is 12. The summed E-state index contributed by atoms with van der Waals surface area (Å²) in [4.78, 5) is 54.1. The van der Waals surface area contributed by atoms with Crippen LogP contribution in [0.2, 0.25) is 0 Å². The molecule has 0 bridgehead atoms. The van der Waals surface area contributed by atoms with E-state index in [1.165, 1.54) is 0 Å². The van der Waals surface area contributed by atoms with Gasteiger partial charge in [-0.15, -0.1) is 0 Å². The summed E-state index contributed by atoms with van der Waals surface area (Å²) in [6.07, 6.45) is -0.721. The lowest BCUT2D eigenvalue weighted by atomic mass is 10.1. The first-order valence-electron chi connectivity index (χ1n) is 11.1. The number of aliphatic imine (C=N–C) groups is 1. The summed E-state index contributed by atoms with van der Waals surface area (Å²) in [5.74, 6) is -1.49. The Kier molecular flexibility index (Phi) is 10.9. The van der Waals surface area contributed by atoms with Crippen molar-refractivity contribution in [3.05, 3.63) is 35.9 Å². The molecular weight excluding hydrogens is 460 g/mol. The van der Waals surface area contributed by atoms with Crippen molar-refractivity contribution in [1.29, 1.82) is 0 Å². The molecule has 0 spiro atoms. The fraction of sp³-hybridized carbons (Fsp3) is 0.500. The van der Waals surface area contributed by atoms with Crippen molar-refractivity contribution in [2.45, 2.75) is 50.1 Å². The number of carbonyl (C=O) groups is 4. The SMILES string of the molecule is NC(N)=NCCC[C@@H](C=O)NC(=O)C1CC(O)CN1C(=O)[C@@H](CO)NC(=O)OCc1ccccc1. The van der Waals surface area contributed by atoms with Crippen LogP contribution in [0.15, 0.2) is 35.3 Å². The maximum Gasteiger partial charge on any atom is 0.408 e. The molecule has 13 nitrogen and oxygen atoms in total. The molecule has 192 valence electrons. The van der Waals surface area contributed by atoms with Gasteiger partial charge in [0.2, 0.25) is 11.8 Å². The summed E-state index contributed by atoms with van der Waals surface area (Å²) in [6.45, 7) is -0.686. The summed E-state index contributed by atoms with van der Waals surface area (Å²) in [5, 5.41) is 24.6. The van der Waals surface area contributed by atoms with E-state index >= 15 is 0 Å². The molecule has 3 amide bonds. The number of aldehydes is 1. The van der Waals surface area contributed by atoms with Gasteiger partial charge < -0.3 is 46.7 Å². The average molecular weight is 493 g/mol. The van der Waals surface area contributed by atoms with Gasteiger partial charge in [0, 0.05) is 19.5 Å². The van der Waals surface area contributed by atoms with Crippen molar-refractivity contribution in [2.24, 2.45) is 16.5 Å². The van der Waals surface area contributed by atoms with E-state index in [1.54, 1.807) is 24.3 Å². The zero-order valence-corrected chi connectivity index (χ0v) is 19.2. The molecule has 0 aliphatic carbocycles. The van der Waals surface area contributed by atoms with Gasteiger partial charge in [0.1, 0.15) is 25.0 Å². The lowest BCUT2D eigenvalue weighted by Crippen LogP contribution is -2.55. The predicted molar refractivity (Wildman–Crippen MR) is 125 cm³/mol. The van der Waals surface area contributed by atoms with Gasteiger partial charge in [-0.25, -0.2) is 4.79 Å². The predicted octanol–water partition coefficient (Wildman–Crippen LogP) is -2.03. The largest absolute Gasteiger partial charge is 0.445 e. The number of hydrogen-bond donors (Lipinski definition) is 6. The van der Waals surface area contributed by atoms with Crippen LogP contribution in [0.4, 0.5) is 4.79 Å². The Bertz CT molecular complexity index is 894. The molecule has 1 aliphatic rings. The highest BCUT2D eigenvalue weighted by Crippen LogP contribution is 2.20. The zero-order valence-electron chi connectivity index (χ0n) is 19.2. The maximum atomic E-state index is 13.0. The first-order valence-corrected chi connectivity index (χ1v) is 11.1. The van der Waals surface area contributed by atoms with Crippen molar-refractivity contribution < 1.29 is 34.1 Å². The fourth-order valence-electron chi connectivity index (χ4n) is 3.57. The molecule has 1 fully saturated rings. The number of carbonyl (C=O) groups excluding carboxylic acids is 4. The second kappa shape index (κ2) is 13.9. The van der Waals surface area contributed by atoms with Gasteiger partial charge in [0.25, 0.3) is 0 Å². The van der Waals surface area contributed by atoms with Crippen LogP contribution < -0.4 is 22.1 Å². The number of likely N-dealkylation sites (tertiary alicyclic amines) is 1. The molecule has 0 saturated carbocycles. The van der Waals surface area contributed by atoms with E-state index in [2.05, 4.69) is 15.6 Å². The summed E-state index contributed by atoms with van der Waals surface area (Å²) in [5.41, 5.74) is 11.2. The number of guanidine groups is 1. The van der Waals surface area contributed by atoms with Crippen LogP contribution in [0.25, 0.3) is 0 Å².